The lowest BCUT2D eigenvalue weighted by atomic mass is 10.0. The third-order valence-corrected chi connectivity index (χ3v) is 3.68. The predicted octanol–water partition coefficient (Wildman–Crippen LogP) is 1.02. The fraction of sp³-hybridized carbons (Fsp3) is 0.455. The van der Waals surface area contributed by atoms with Crippen molar-refractivity contribution in [1.29, 1.82) is 0 Å². The molecule has 1 fully saturated rings. The van der Waals surface area contributed by atoms with E-state index in [1.807, 2.05) is 17.5 Å². The fourth-order valence-electron chi connectivity index (χ4n) is 1.66. The van der Waals surface area contributed by atoms with Gasteiger partial charge in [0, 0.05) is 24.5 Å². The first kappa shape index (κ1) is 11.9. The van der Waals surface area contributed by atoms with Crippen molar-refractivity contribution < 1.29 is 14.7 Å². The van der Waals surface area contributed by atoms with Crippen LogP contribution in [0.2, 0.25) is 0 Å². The van der Waals surface area contributed by atoms with Crippen LogP contribution in [0.15, 0.2) is 17.5 Å². The van der Waals surface area contributed by atoms with Crippen LogP contribution in [-0.2, 0) is 11.2 Å². The fourth-order valence-corrected chi connectivity index (χ4v) is 2.37. The van der Waals surface area contributed by atoms with E-state index in [1.54, 1.807) is 11.3 Å². The van der Waals surface area contributed by atoms with E-state index >= 15 is 0 Å². The van der Waals surface area contributed by atoms with Crippen molar-refractivity contribution in [3.63, 3.8) is 0 Å². The second-order valence-electron chi connectivity index (χ2n) is 4.00. The van der Waals surface area contributed by atoms with E-state index in [1.165, 1.54) is 9.78 Å². The largest absolute Gasteiger partial charge is 0.481 e. The van der Waals surface area contributed by atoms with Crippen molar-refractivity contribution in [2.24, 2.45) is 5.92 Å². The summed E-state index contributed by atoms with van der Waals surface area (Å²) in [7, 11) is 0. The number of nitrogens with zero attached hydrogens (tertiary/aromatic N) is 1. The number of thiophene rings is 1. The highest BCUT2D eigenvalue weighted by molar-refractivity contribution is 7.09. The zero-order valence-corrected chi connectivity index (χ0v) is 10.1. The third kappa shape index (κ3) is 2.97. The van der Waals surface area contributed by atoms with Gasteiger partial charge in [-0.25, -0.2) is 4.79 Å². The Labute approximate surface area is 103 Å². The summed E-state index contributed by atoms with van der Waals surface area (Å²) in [6.45, 7) is 1.23. The maximum Gasteiger partial charge on any atom is 0.317 e. The molecule has 2 rings (SSSR count). The number of urea groups is 1. The van der Waals surface area contributed by atoms with Gasteiger partial charge in [0.05, 0.1) is 5.92 Å². The lowest BCUT2D eigenvalue weighted by molar-refractivity contribution is -0.146. The number of nitrogens with one attached hydrogen (secondary N) is 1. The second-order valence-corrected chi connectivity index (χ2v) is 5.03. The van der Waals surface area contributed by atoms with Crippen LogP contribution in [0.4, 0.5) is 4.79 Å². The molecule has 0 spiro atoms. The van der Waals surface area contributed by atoms with Gasteiger partial charge in [0.15, 0.2) is 0 Å². The van der Waals surface area contributed by atoms with Gasteiger partial charge in [-0.05, 0) is 17.9 Å². The average molecular weight is 254 g/mol. The van der Waals surface area contributed by atoms with Gasteiger partial charge in [-0.3, -0.25) is 4.79 Å². The molecule has 1 aliphatic rings. The Morgan fingerprint density at radius 2 is 2.29 bits per heavy atom. The summed E-state index contributed by atoms with van der Waals surface area (Å²) in [5, 5.41) is 13.5. The summed E-state index contributed by atoms with van der Waals surface area (Å²) in [5.74, 6) is -1.22. The van der Waals surface area contributed by atoms with Gasteiger partial charge in [-0.15, -0.1) is 11.3 Å². The highest BCUT2D eigenvalue weighted by Gasteiger charge is 2.35. The SMILES string of the molecule is O=C(O)C1CN(C(=O)NCCc2cccs2)C1. The first-order chi connectivity index (χ1) is 8.16. The van der Waals surface area contributed by atoms with E-state index in [0.29, 0.717) is 19.6 Å². The lowest BCUT2D eigenvalue weighted by Gasteiger charge is -2.36. The van der Waals surface area contributed by atoms with Gasteiger partial charge >= 0.3 is 12.0 Å². The molecule has 1 saturated heterocycles. The average Bonchev–Trinajstić information content (AvgIpc) is 2.67. The van der Waals surface area contributed by atoms with Crippen molar-refractivity contribution in [1.82, 2.24) is 10.2 Å². The van der Waals surface area contributed by atoms with Gasteiger partial charge in [-0.2, -0.15) is 0 Å². The molecule has 92 valence electrons. The Morgan fingerprint density at radius 1 is 1.53 bits per heavy atom. The van der Waals surface area contributed by atoms with E-state index in [-0.39, 0.29) is 6.03 Å². The number of likely N-dealkylation sites (tertiary alicyclic amines) is 1. The molecule has 6 heteroatoms. The molecule has 0 bridgehead atoms. The number of carbonyl (C=O) groups is 2. The van der Waals surface area contributed by atoms with E-state index in [9.17, 15) is 9.59 Å². The van der Waals surface area contributed by atoms with Crippen LogP contribution in [0, 0.1) is 5.92 Å². The van der Waals surface area contributed by atoms with Gasteiger partial charge in [-0.1, -0.05) is 6.07 Å². The molecule has 2 heterocycles. The topological polar surface area (TPSA) is 69.6 Å². The number of aliphatic carboxylic acids is 1. The summed E-state index contributed by atoms with van der Waals surface area (Å²) in [4.78, 5) is 24.9. The number of rotatable bonds is 4. The molecule has 0 unspecified atom stereocenters. The second kappa shape index (κ2) is 5.18. The van der Waals surface area contributed by atoms with Crippen molar-refractivity contribution in [2.75, 3.05) is 19.6 Å². The molecule has 1 aromatic rings. The van der Waals surface area contributed by atoms with Crippen LogP contribution in [0.5, 0.6) is 0 Å². The summed E-state index contributed by atoms with van der Waals surface area (Å²) >= 11 is 1.66. The first-order valence-electron chi connectivity index (χ1n) is 5.45. The molecule has 17 heavy (non-hydrogen) atoms. The maximum absolute atomic E-state index is 11.5. The van der Waals surface area contributed by atoms with Crippen molar-refractivity contribution in [2.45, 2.75) is 6.42 Å². The minimum absolute atomic E-state index is 0.168. The number of carboxylic acids is 1. The monoisotopic (exact) mass is 254 g/mol. The Balaban J connectivity index is 1.64. The minimum atomic E-state index is -0.826. The highest BCUT2D eigenvalue weighted by atomic mass is 32.1. The van der Waals surface area contributed by atoms with Crippen LogP contribution in [0.25, 0.3) is 0 Å². The van der Waals surface area contributed by atoms with Gasteiger partial charge in [0.2, 0.25) is 0 Å². The maximum atomic E-state index is 11.5. The Morgan fingerprint density at radius 3 is 2.88 bits per heavy atom. The van der Waals surface area contributed by atoms with Crippen molar-refractivity contribution >= 4 is 23.3 Å². The first-order valence-corrected chi connectivity index (χ1v) is 6.33. The number of hydrogen-bond donors (Lipinski definition) is 2. The van der Waals surface area contributed by atoms with E-state index in [4.69, 9.17) is 5.11 Å². The van der Waals surface area contributed by atoms with Gasteiger partial charge in [0.1, 0.15) is 0 Å². The number of hydrogen-bond acceptors (Lipinski definition) is 3. The van der Waals surface area contributed by atoms with Crippen LogP contribution in [0.1, 0.15) is 4.88 Å². The molecule has 2 N–H and O–H groups in total. The smallest absolute Gasteiger partial charge is 0.317 e. The minimum Gasteiger partial charge on any atom is -0.481 e. The Kier molecular flexibility index (Phi) is 3.63. The summed E-state index contributed by atoms with van der Waals surface area (Å²) in [5.41, 5.74) is 0. The quantitative estimate of drug-likeness (QED) is 0.842. The molecular weight excluding hydrogens is 240 g/mol. The van der Waals surface area contributed by atoms with Crippen LogP contribution in [0.3, 0.4) is 0 Å². The number of carboxylic acid groups (broad SMARTS) is 1. The van der Waals surface area contributed by atoms with Crippen LogP contribution < -0.4 is 5.32 Å². The molecule has 5 nitrogen and oxygen atoms in total. The Bertz CT molecular complexity index is 399. The molecule has 0 aromatic carbocycles. The number of carbonyl (C=O) groups excluding carboxylic acids is 1. The summed E-state index contributed by atoms with van der Waals surface area (Å²) < 4.78 is 0. The molecule has 0 radical (unpaired) electrons. The summed E-state index contributed by atoms with van der Waals surface area (Å²) in [6.07, 6.45) is 0.819. The highest BCUT2D eigenvalue weighted by Crippen LogP contribution is 2.15. The van der Waals surface area contributed by atoms with Crippen molar-refractivity contribution in [3.05, 3.63) is 22.4 Å². The summed E-state index contributed by atoms with van der Waals surface area (Å²) in [6, 6.07) is 3.84. The van der Waals surface area contributed by atoms with Gasteiger partial charge < -0.3 is 15.3 Å². The molecule has 0 atom stereocenters. The molecular formula is C11H14N2O3S. The zero-order chi connectivity index (χ0) is 12.3. The van der Waals surface area contributed by atoms with Gasteiger partial charge in [0.25, 0.3) is 0 Å². The zero-order valence-electron chi connectivity index (χ0n) is 9.26. The predicted molar refractivity (Wildman–Crippen MR) is 64.1 cm³/mol. The number of amides is 2. The molecule has 1 aromatic heterocycles. The lowest BCUT2D eigenvalue weighted by Crippen LogP contribution is -2.56. The molecule has 0 saturated carbocycles. The Hall–Kier alpha value is -1.56. The normalized spacial score (nSPS) is 15.4. The van der Waals surface area contributed by atoms with E-state index in [0.717, 1.165) is 6.42 Å². The van der Waals surface area contributed by atoms with E-state index < -0.39 is 11.9 Å². The van der Waals surface area contributed by atoms with Crippen LogP contribution in [-0.4, -0.2) is 41.6 Å². The molecule has 0 aliphatic carbocycles. The van der Waals surface area contributed by atoms with Crippen LogP contribution >= 0.6 is 11.3 Å². The molecule has 1 aliphatic heterocycles. The van der Waals surface area contributed by atoms with E-state index in [2.05, 4.69) is 5.32 Å². The van der Waals surface area contributed by atoms with Crippen molar-refractivity contribution in [3.8, 4) is 0 Å². The third-order valence-electron chi connectivity index (χ3n) is 2.75. The molecule has 2 amide bonds. The standard InChI is InChI=1S/C11H14N2O3S/c14-10(15)8-6-13(7-8)11(16)12-4-3-9-2-1-5-17-9/h1-2,5,8H,3-4,6-7H2,(H,12,16)(H,14,15).